The van der Waals surface area contributed by atoms with Gasteiger partial charge in [-0.05, 0) is 43.6 Å². The molecule has 1 amide bonds. The zero-order valence-electron chi connectivity index (χ0n) is 21.4. The van der Waals surface area contributed by atoms with Crippen LogP contribution in [-0.4, -0.2) is 52.4 Å². The van der Waals surface area contributed by atoms with E-state index in [1.165, 1.54) is 6.33 Å². The Morgan fingerprint density at radius 1 is 1.11 bits per heavy atom. The van der Waals surface area contributed by atoms with Crippen LogP contribution in [0.2, 0.25) is 18.1 Å². The van der Waals surface area contributed by atoms with E-state index >= 15 is 0 Å². The van der Waals surface area contributed by atoms with Crippen LogP contribution in [0.5, 0.6) is 0 Å². The van der Waals surface area contributed by atoms with Gasteiger partial charge in [-0.3, -0.25) is 9.59 Å². The largest absolute Gasteiger partial charge is 0.466 e. The Bertz CT molecular complexity index is 1160. The fourth-order valence-corrected chi connectivity index (χ4v) is 4.78. The topological polar surface area (TPSA) is 108 Å². The van der Waals surface area contributed by atoms with E-state index in [1.807, 2.05) is 10.6 Å². The SMILES string of the molecule is CCOC(=O)CC(CCn1cnc2c(NC(=O)c3ccccc3)ncnc21)O[Si](C)(C)C(C)(C)C. The number of ether oxygens (including phenoxy) is 1. The van der Waals surface area contributed by atoms with Crippen LogP contribution in [0.3, 0.4) is 0 Å². The van der Waals surface area contributed by atoms with Crippen molar-refractivity contribution in [2.24, 2.45) is 0 Å². The maximum Gasteiger partial charge on any atom is 0.308 e. The first-order valence-corrected chi connectivity index (χ1v) is 14.8. The number of hydrogen-bond donors (Lipinski definition) is 1. The molecule has 0 aliphatic heterocycles. The fourth-order valence-electron chi connectivity index (χ4n) is 3.39. The van der Waals surface area contributed by atoms with Gasteiger partial charge >= 0.3 is 5.97 Å². The number of carbonyl (C=O) groups is 2. The van der Waals surface area contributed by atoms with Crippen LogP contribution in [0.25, 0.3) is 11.2 Å². The van der Waals surface area contributed by atoms with Crippen LogP contribution < -0.4 is 5.32 Å². The van der Waals surface area contributed by atoms with Crippen LogP contribution in [-0.2, 0) is 20.5 Å². The van der Waals surface area contributed by atoms with Crippen LogP contribution in [0.1, 0.15) is 50.9 Å². The van der Waals surface area contributed by atoms with Gasteiger partial charge in [0.25, 0.3) is 5.91 Å². The van der Waals surface area contributed by atoms with Gasteiger partial charge in [0, 0.05) is 12.1 Å². The summed E-state index contributed by atoms with van der Waals surface area (Å²) in [6, 6.07) is 8.93. The average molecular weight is 498 g/mol. The molecule has 0 aliphatic carbocycles. The third kappa shape index (κ3) is 6.73. The van der Waals surface area contributed by atoms with E-state index in [-0.39, 0.29) is 29.4 Å². The number of aryl methyl sites for hydroxylation is 1. The lowest BCUT2D eigenvalue weighted by Crippen LogP contribution is -2.44. The van der Waals surface area contributed by atoms with Crippen molar-refractivity contribution < 1.29 is 18.8 Å². The molecule has 1 unspecified atom stereocenters. The average Bonchev–Trinajstić information content (AvgIpc) is 3.21. The highest BCUT2D eigenvalue weighted by atomic mass is 28.4. The van der Waals surface area contributed by atoms with E-state index in [0.717, 1.165) is 0 Å². The quantitative estimate of drug-likeness (QED) is 0.316. The second-order valence-corrected chi connectivity index (χ2v) is 14.7. The molecule has 2 aromatic heterocycles. The van der Waals surface area contributed by atoms with Gasteiger partial charge < -0.3 is 19.0 Å². The maximum atomic E-state index is 12.6. The number of nitrogens with zero attached hydrogens (tertiary/aromatic N) is 4. The van der Waals surface area contributed by atoms with Gasteiger partial charge in [-0.1, -0.05) is 39.0 Å². The molecule has 3 aromatic rings. The second kappa shape index (κ2) is 11.1. The fraction of sp³-hybridized carbons (Fsp3) is 0.480. The van der Waals surface area contributed by atoms with Crippen molar-refractivity contribution in [3.05, 3.63) is 48.5 Å². The first kappa shape index (κ1) is 26.5. The zero-order valence-corrected chi connectivity index (χ0v) is 22.4. The van der Waals surface area contributed by atoms with Crippen molar-refractivity contribution in [1.82, 2.24) is 19.5 Å². The molecule has 0 saturated heterocycles. The molecular formula is C25H35N5O4Si. The molecule has 1 aromatic carbocycles. The highest BCUT2D eigenvalue weighted by Gasteiger charge is 2.39. The molecule has 1 atom stereocenters. The molecule has 0 spiro atoms. The van der Waals surface area contributed by atoms with Crippen molar-refractivity contribution in [2.75, 3.05) is 11.9 Å². The van der Waals surface area contributed by atoms with E-state index in [0.29, 0.717) is 42.1 Å². The molecule has 1 N–H and O–H groups in total. The molecule has 3 rings (SSSR count). The van der Waals surface area contributed by atoms with Crippen molar-refractivity contribution in [1.29, 1.82) is 0 Å². The van der Waals surface area contributed by atoms with Gasteiger partial charge in [0.05, 0.1) is 25.5 Å². The van der Waals surface area contributed by atoms with Gasteiger partial charge in [0.1, 0.15) is 6.33 Å². The molecule has 0 fully saturated rings. The Balaban J connectivity index is 1.77. The molecule has 0 bridgehead atoms. The minimum absolute atomic E-state index is 0.0146. The molecule has 0 aliphatic rings. The Kier molecular flexibility index (Phi) is 8.39. The normalized spacial score (nSPS) is 13.0. The Hall–Kier alpha value is -3.11. The van der Waals surface area contributed by atoms with Gasteiger partial charge in [-0.25, -0.2) is 15.0 Å². The molecule has 35 heavy (non-hydrogen) atoms. The number of benzene rings is 1. The first-order chi connectivity index (χ1) is 16.5. The minimum atomic E-state index is -2.10. The zero-order chi connectivity index (χ0) is 25.6. The van der Waals surface area contributed by atoms with Crippen LogP contribution >= 0.6 is 0 Å². The molecular weight excluding hydrogens is 462 g/mol. The standard InChI is InChI=1S/C25H35N5O4Si/c1-7-33-20(31)15-19(34-35(5,6)25(2,3)4)13-14-30-17-28-21-22(26-16-27-23(21)30)29-24(32)18-11-9-8-10-12-18/h8-12,16-17,19H,7,13-15H2,1-6H3,(H,26,27,29,32). The third-order valence-corrected chi connectivity index (χ3v) is 10.9. The lowest BCUT2D eigenvalue weighted by atomic mass is 10.2. The molecule has 2 heterocycles. The van der Waals surface area contributed by atoms with Crippen LogP contribution in [0.15, 0.2) is 43.0 Å². The predicted octanol–water partition coefficient (Wildman–Crippen LogP) is 4.81. The smallest absolute Gasteiger partial charge is 0.308 e. The summed E-state index contributed by atoms with van der Waals surface area (Å²) in [5.41, 5.74) is 1.64. The molecule has 0 saturated carbocycles. The summed E-state index contributed by atoms with van der Waals surface area (Å²) in [7, 11) is -2.10. The van der Waals surface area contributed by atoms with E-state index in [1.54, 1.807) is 37.5 Å². The first-order valence-electron chi connectivity index (χ1n) is 11.9. The summed E-state index contributed by atoms with van der Waals surface area (Å²) in [6.07, 6.45) is 3.58. The number of imidazole rings is 1. The number of hydrogen-bond acceptors (Lipinski definition) is 7. The summed E-state index contributed by atoms with van der Waals surface area (Å²) in [5.74, 6) is -0.180. The number of fused-ring (bicyclic) bond motifs is 1. The number of carbonyl (C=O) groups excluding carboxylic acids is 2. The third-order valence-electron chi connectivity index (χ3n) is 6.33. The molecule has 0 radical (unpaired) electrons. The lowest BCUT2D eigenvalue weighted by molar-refractivity contribution is -0.145. The highest BCUT2D eigenvalue weighted by molar-refractivity contribution is 6.74. The lowest BCUT2D eigenvalue weighted by Gasteiger charge is -2.39. The number of nitrogens with one attached hydrogen (secondary N) is 1. The highest BCUT2D eigenvalue weighted by Crippen LogP contribution is 2.38. The number of esters is 1. The van der Waals surface area contributed by atoms with E-state index < -0.39 is 8.32 Å². The predicted molar refractivity (Wildman–Crippen MR) is 138 cm³/mol. The summed E-state index contributed by atoms with van der Waals surface area (Å²) >= 11 is 0. The Morgan fingerprint density at radius 3 is 2.49 bits per heavy atom. The monoisotopic (exact) mass is 497 g/mol. The number of rotatable bonds is 10. The number of amides is 1. The van der Waals surface area contributed by atoms with Gasteiger partial charge in [-0.15, -0.1) is 0 Å². The Morgan fingerprint density at radius 2 is 1.83 bits per heavy atom. The van der Waals surface area contributed by atoms with E-state index in [4.69, 9.17) is 9.16 Å². The van der Waals surface area contributed by atoms with Crippen LogP contribution in [0, 0.1) is 0 Å². The van der Waals surface area contributed by atoms with Crippen molar-refractivity contribution in [3.8, 4) is 0 Å². The summed E-state index contributed by atoms with van der Waals surface area (Å²) in [6.45, 7) is 13.5. The summed E-state index contributed by atoms with van der Waals surface area (Å²) in [4.78, 5) is 37.9. The Labute approximate surface area is 207 Å². The van der Waals surface area contributed by atoms with Gasteiger partial charge in [0.2, 0.25) is 0 Å². The van der Waals surface area contributed by atoms with Crippen molar-refractivity contribution >= 4 is 37.2 Å². The summed E-state index contributed by atoms with van der Waals surface area (Å²) < 4.78 is 13.6. The second-order valence-electron chi connectivity index (χ2n) is 9.95. The maximum absolute atomic E-state index is 12.6. The van der Waals surface area contributed by atoms with Crippen molar-refractivity contribution in [3.63, 3.8) is 0 Å². The van der Waals surface area contributed by atoms with Crippen molar-refractivity contribution in [2.45, 2.75) is 71.3 Å². The molecule has 188 valence electrons. The number of aromatic nitrogens is 4. The van der Waals surface area contributed by atoms with E-state index in [2.05, 4.69) is 54.1 Å². The van der Waals surface area contributed by atoms with Gasteiger partial charge in [0.15, 0.2) is 25.3 Å². The van der Waals surface area contributed by atoms with Crippen LogP contribution in [0.4, 0.5) is 5.82 Å². The minimum Gasteiger partial charge on any atom is -0.466 e. The molecule has 9 nitrogen and oxygen atoms in total. The molecule has 10 heteroatoms. The number of anilines is 1. The summed E-state index contributed by atoms with van der Waals surface area (Å²) in [5, 5.41) is 2.84. The van der Waals surface area contributed by atoms with Gasteiger partial charge in [-0.2, -0.15) is 0 Å². The van der Waals surface area contributed by atoms with E-state index in [9.17, 15) is 9.59 Å².